The molecule has 0 saturated carbocycles. The number of rotatable bonds is 10. The Labute approximate surface area is 206 Å². The Bertz CT molecular complexity index is 1120. The minimum atomic E-state index is -0.773. The average Bonchev–Trinajstić information content (AvgIpc) is 3.10. The maximum absolute atomic E-state index is 13.3. The van der Waals surface area contributed by atoms with E-state index in [1.54, 1.807) is 30.3 Å². The highest BCUT2D eigenvalue weighted by atomic mass is 16.5. The highest BCUT2D eigenvalue weighted by molar-refractivity contribution is 6.46. The van der Waals surface area contributed by atoms with Crippen LogP contribution in [0.2, 0.25) is 0 Å². The number of carbonyl (C=O) groups excluding carboxylic acids is 2. The molecule has 3 rings (SSSR count). The van der Waals surface area contributed by atoms with Crippen LogP contribution in [0.25, 0.3) is 5.76 Å². The van der Waals surface area contributed by atoms with Crippen LogP contribution >= 0.6 is 0 Å². The molecule has 1 amide bonds. The van der Waals surface area contributed by atoms with Gasteiger partial charge in [-0.2, -0.15) is 0 Å². The molecule has 8 heteroatoms. The second-order valence-electron chi connectivity index (χ2n) is 8.74. The summed E-state index contributed by atoms with van der Waals surface area (Å²) in [5.41, 5.74) is 1.90. The van der Waals surface area contributed by atoms with E-state index in [0.29, 0.717) is 48.1 Å². The van der Waals surface area contributed by atoms with Gasteiger partial charge in [0.25, 0.3) is 11.7 Å². The molecule has 0 aliphatic carbocycles. The Morgan fingerprint density at radius 1 is 1.06 bits per heavy atom. The minimum absolute atomic E-state index is 0.0475. The summed E-state index contributed by atoms with van der Waals surface area (Å²) in [5.74, 6) is 0.108. The van der Waals surface area contributed by atoms with Crippen LogP contribution in [0.3, 0.4) is 0 Å². The quantitative estimate of drug-likeness (QED) is 0.313. The molecule has 0 radical (unpaired) electrons. The molecule has 1 aliphatic rings. The number of aliphatic hydroxyl groups is 1. The molecule has 1 heterocycles. The fraction of sp³-hybridized carbons (Fsp3) is 0.407. The summed E-state index contributed by atoms with van der Waals surface area (Å²) < 4.78 is 16.5. The number of ketones is 1. The van der Waals surface area contributed by atoms with Gasteiger partial charge in [-0.25, -0.2) is 0 Å². The smallest absolute Gasteiger partial charge is 0.295 e. The van der Waals surface area contributed by atoms with E-state index in [0.717, 1.165) is 12.0 Å². The van der Waals surface area contributed by atoms with Gasteiger partial charge >= 0.3 is 0 Å². The van der Waals surface area contributed by atoms with Gasteiger partial charge in [0.1, 0.15) is 11.5 Å². The summed E-state index contributed by atoms with van der Waals surface area (Å²) >= 11 is 0. The van der Waals surface area contributed by atoms with Crippen LogP contribution in [0.15, 0.2) is 42.0 Å². The van der Waals surface area contributed by atoms with Crippen LogP contribution in [0.5, 0.6) is 17.2 Å². The first-order chi connectivity index (χ1) is 16.7. The van der Waals surface area contributed by atoms with Crippen molar-refractivity contribution < 1.29 is 28.9 Å². The van der Waals surface area contributed by atoms with Crippen LogP contribution < -0.4 is 14.2 Å². The normalized spacial score (nSPS) is 17.2. The highest BCUT2D eigenvalue weighted by Gasteiger charge is 2.46. The summed E-state index contributed by atoms with van der Waals surface area (Å²) in [6, 6.07) is 9.76. The monoisotopic (exact) mass is 482 g/mol. The first-order valence-electron chi connectivity index (χ1n) is 11.6. The van der Waals surface area contributed by atoms with Crippen LogP contribution in [0.1, 0.15) is 36.1 Å². The number of aliphatic hydroxyl groups excluding tert-OH is 1. The Kier molecular flexibility index (Phi) is 8.40. The van der Waals surface area contributed by atoms with Crippen molar-refractivity contribution >= 4 is 17.4 Å². The number of likely N-dealkylation sites (tertiary alicyclic amines) is 1. The third-order valence-electron chi connectivity index (χ3n) is 5.98. The standard InChI is InChI=1S/C27H34N2O6/c1-7-14-35-19-9-10-20(17(2)15-19)25(30)23-24(18-8-11-21(33-5)22(16-18)34-6)29(13-12-28(3)4)27(32)26(23)31/h8-11,15-16,24,30H,7,12-14H2,1-6H3/b25-23-. The first kappa shape index (κ1) is 26.1. The molecular weight excluding hydrogens is 448 g/mol. The molecule has 188 valence electrons. The van der Waals surface area contributed by atoms with E-state index in [1.807, 2.05) is 38.9 Å². The second-order valence-corrected chi connectivity index (χ2v) is 8.74. The summed E-state index contributed by atoms with van der Waals surface area (Å²) in [6.45, 7) is 5.31. The molecule has 1 unspecified atom stereocenters. The van der Waals surface area contributed by atoms with E-state index in [1.165, 1.54) is 19.1 Å². The van der Waals surface area contributed by atoms with Gasteiger partial charge in [-0.05, 0) is 68.9 Å². The Hall–Kier alpha value is -3.52. The van der Waals surface area contributed by atoms with E-state index < -0.39 is 17.7 Å². The fourth-order valence-corrected chi connectivity index (χ4v) is 4.14. The Morgan fingerprint density at radius 3 is 2.37 bits per heavy atom. The lowest BCUT2D eigenvalue weighted by molar-refractivity contribution is -0.140. The van der Waals surface area contributed by atoms with Crippen LogP contribution in [0.4, 0.5) is 0 Å². The Morgan fingerprint density at radius 2 is 1.77 bits per heavy atom. The molecule has 1 saturated heterocycles. The fourth-order valence-electron chi connectivity index (χ4n) is 4.14. The van der Waals surface area contributed by atoms with E-state index in [2.05, 4.69) is 0 Å². The van der Waals surface area contributed by atoms with E-state index in [4.69, 9.17) is 14.2 Å². The molecule has 1 atom stereocenters. The number of hydrogen-bond acceptors (Lipinski definition) is 7. The van der Waals surface area contributed by atoms with Gasteiger partial charge in [-0.1, -0.05) is 13.0 Å². The van der Waals surface area contributed by atoms with Gasteiger partial charge in [0.2, 0.25) is 0 Å². The second kappa shape index (κ2) is 11.3. The van der Waals surface area contributed by atoms with Crippen molar-refractivity contribution in [1.82, 2.24) is 9.80 Å². The largest absolute Gasteiger partial charge is 0.507 e. The van der Waals surface area contributed by atoms with Crippen molar-refractivity contribution in [3.8, 4) is 17.2 Å². The van der Waals surface area contributed by atoms with E-state index >= 15 is 0 Å². The maximum Gasteiger partial charge on any atom is 0.295 e. The summed E-state index contributed by atoms with van der Waals surface area (Å²) in [7, 11) is 6.86. The molecule has 1 N–H and O–H groups in total. The topological polar surface area (TPSA) is 88.5 Å². The molecule has 1 aliphatic heterocycles. The molecule has 0 spiro atoms. The van der Waals surface area contributed by atoms with E-state index in [-0.39, 0.29) is 11.3 Å². The van der Waals surface area contributed by atoms with Gasteiger partial charge in [-0.3, -0.25) is 9.59 Å². The van der Waals surface area contributed by atoms with Crippen molar-refractivity contribution in [3.05, 3.63) is 58.7 Å². The lowest BCUT2D eigenvalue weighted by Gasteiger charge is -2.27. The van der Waals surface area contributed by atoms with Crippen LogP contribution in [0, 0.1) is 6.92 Å². The van der Waals surface area contributed by atoms with Crippen molar-refractivity contribution in [2.45, 2.75) is 26.3 Å². The van der Waals surface area contributed by atoms with Crippen molar-refractivity contribution in [2.24, 2.45) is 0 Å². The van der Waals surface area contributed by atoms with Crippen molar-refractivity contribution in [3.63, 3.8) is 0 Å². The highest BCUT2D eigenvalue weighted by Crippen LogP contribution is 2.42. The zero-order valence-corrected chi connectivity index (χ0v) is 21.3. The number of hydrogen-bond donors (Lipinski definition) is 1. The molecule has 2 aromatic rings. The summed E-state index contributed by atoms with van der Waals surface area (Å²) in [5, 5.41) is 11.4. The number of amides is 1. The van der Waals surface area contributed by atoms with Gasteiger partial charge < -0.3 is 29.1 Å². The molecule has 2 aromatic carbocycles. The van der Waals surface area contributed by atoms with Crippen molar-refractivity contribution in [1.29, 1.82) is 0 Å². The van der Waals surface area contributed by atoms with Gasteiger partial charge in [-0.15, -0.1) is 0 Å². The van der Waals surface area contributed by atoms with E-state index in [9.17, 15) is 14.7 Å². The third kappa shape index (κ3) is 5.43. The first-order valence-corrected chi connectivity index (χ1v) is 11.6. The number of carbonyl (C=O) groups is 2. The number of ether oxygens (including phenoxy) is 3. The number of likely N-dealkylation sites (N-methyl/N-ethyl adjacent to an activating group) is 1. The number of Topliss-reactive ketones (excluding diaryl/α,β-unsaturated/α-hetero) is 1. The molecule has 35 heavy (non-hydrogen) atoms. The number of nitrogens with zero attached hydrogens (tertiary/aromatic N) is 2. The SMILES string of the molecule is CCCOc1ccc(/C(O)=C2/C(=O)C(=O)N(CCN(C)C)C2c2ccc(OC)c(OC)c2)c(C)c1. The zero-order valence-electron chi connectivity index (χ0n) is 21.3. The summed E-state index contributed by atoms with van der Waals surface area (Å²) in [6.07, 6.45) is 0.877. The predicted molar refractivity (Wildman–Crippen MR) is 134 cm³/mol. The summed E-state index contributed by atoms with van der Waals surface area (Å²) in [4.78, 5) is 29.8. The maximum atomic E-state index is 13.3. The van der Waals surface area contributed by atoms with Crippen molar-refractivity contribution in [2.75, 3.05) is 48.0 Å². The number of benzene rings is 2. The predicted octanol–water partition coefficient (Wildman–Crippen LogP) is 3.78. The lowest BCUT2D eigenvalue weighted by atomic mass is 9.93. The molecular formula is C27H34N2O6. The molecule has 0 bridgehead atoms. The van der Waals surface area contributed by atoms with Crippen LogP contribution in [-0.2, 0) is 9.59 Å². The van der Waals surface area contributed by atoms with Gasteiger partial charge in [0, 0.05) is 18.7 Å². The average molecular weight is 483 g/mol. The van der Waals surface area contributed by atoms with Gasteiger partial charge in [0.15, 0.2) is 11.5 Å². The Balaban J connectivity index is 2.15. The third-order valence-corrected chi connectivity index (χ3v) is 5.98. The minimum Gasteiger partial charge on any atom is -0.507 e. The van der Waals surface area contributed by atoms with Crippen LogP contribution in [-0.4, -0.2) is 74.6 Å². The number of methoxy groups -OCH3 is 2. The molecule has 0 aromatic heterocycles. The molecule has 1 fully saturated rings. The zero-order chi connectivity index (χ0) is 25.7. The number of aryl methyl sites for hydroxylation is 1. The molecule has 8 nitrogen and oxygen atoms in total. The van der Waals surface area contributed by atoms with Gasteiger partial charge in [0.05, 0.1) is 32.4 Å². The lowest BCUT2D eigenvalue weighted by Crippen LogP contribution is -2.35.